The van der Waals surface area contributed by atoms with E-state index in [0.717, 1.165) is 21.8 Å². The van der Waals surface area contributed by atoms with Gasteiger partial charge in [-0.15, -0.1) is 0 Å². The molecular formula is C24H19N3O7S. The number of hydrogen-bond donors (Lipinski definition) is 1. The van der Waals surface area contributed by atoms with Crippen LogP contribution in [-0.2, 0) is 14.3 Å². The fourth-order valence-electron chi connectivity index (χ4n) is 3.76. The number of methoxy groups -OCH3 is 1. The van der Waals surface area contributed by atoms with E-state index < -0.39 is 34.4 Å². The Morgan fingerprint density at radius 1 is 1.11 bits per heavy atom. The molecule has 1 aromatic heterocycles. The van der Waals surface area contributed by atoms with Gasteiger partial charge in [-0.1, -0.05) is 41.2 Å². The largest absolute Gasteiger partial charge is 0.507 e. The molecule has 0 bridgehead atoms. The summed E-state index contributed by atoms with van der Waals surface area (Å²) in [5.74, 6) is -2.93. The predicted molar refractivity (Wildman–Crippen MR) is 127 cm³/mol. The van der Waals surface area contributed by atoms with Gasteiger partial charge in [0.15, 0.2) is 5.13 Å². The minimum Gasteiger partial charge on any atom is -0.507 e. The molecule has 0 unspecified atom stereocenters. The summed E-state index contributed by atoms with van der Waals surface area (Å²) in [6.45, 7) is 3.43. The standard InChI is InChI=1S/C24H19N3O7S/c1-12-4-6-15(7-5-12)19(28)17-18(14-8-10-16(11-9-14)27(32)33)26(22(30)20(17)29)24-25-13(2)21(35-24)23(31)34-3/h4-11,18,28H,1-3H3/b19-17+/t18-/m0/s1. The lowest BCUT2D eigenvalue weighted by atomic mass is 9.95. The highest BCUT2D eigenvalue weighted by atomic mass is 32.1. The van der Waals surface area contributed by atoms with Crippen molar-refractivity contribution in [3.63, 3.8) is 0 Å². The molecule has 1 aliphatic rings. The third kappa shape index (κ3) is 4.17. The van der Waals surface area contributed by atoms with Gasteiger partial charge in [0.05, 0.1) is 29.3 Å². The van der Waals surface area contributed by atoms with Crippen LogP contribution in [0.2, 0.25) is 0 Å². The molecule has 2 heterocycles. The summed E-state index contributed by atoms with van der Waals surface area (Å²) in [7, 11) is 1.21. The minimum atomic E-state index is -1.13. The number of thiazole rings is 1. The number of esters is 1. The van der Waals surface area contributed by atoms with Crippen LogP contribution in [0.1, 0.15) is 38.1 Å². The number of anilines is 1. The van der Waals surface area contributed by atoms with Crippen LogP contribution < -0.4 is 4.90 Å². The van der Waals surface area contributed by atoms with Crippen LogP contribution >= 0.6 is 11.3 Å². The van der Waals surface area contributed by atoms with Crippen LogP contribution in [0.5, 0.6) is 0 Å². The second kappa shape index (κ2) is 9.11. The molecule has 0 spiro atoms. The van der Waals surface area contributed by atoms with Crippen molar-refractivity contribution in [1.29, 1.82) is 0 Å². The molecule has 1 atom stereocenters. The highest BCUT2D eigenvalue weighted by molar-refractivity contribution is 7.17. The van der Waals surface area contributed by atoms with E-state index in [1.807, 2.05) is 6.92 Å². The zero-order valence-electron chi connectivity index (χ0n) is 18.8. The van der Waals surface area contributed by atoms with E-state index in [0.29, 0.717) is 16.8 Å². The Hall–Kier alpha value is -4.38. The molecule has 0 saturated carbocycles. The quantitative estimate of drug-likeness (QED) is 0.140. The van der Waals surface area contributed by atoms with Gasteiger partial charge in [-0.3, -0.25) is 24.6 Å². The second-order valence-corrected chi connectivity index (χ2v) is 8.76. The summed E-state index contributed by atoms with van der Waals surface area (Å²) in [5.41, 5.74) is 1.53. The van der Waals surface area contributed by atoms with Gasteiger partial charge >= 0.3 is 11.9 Å². The first kappa shape index (κ1) is 23.8. The molecule has 178 valence electrons. The van der Waals surface area contributed by atoms with Crippen molar-refractivity contribution in [1.82, 2.24) is 4.98 Å². The van der Waals surface area contributed by atoms with Crippen LogP contribution in [0.25, 0.3) is 5.76 Å². The minimum absolute atomic E-state index is 0.0521. The zero-order chi connectivity index (χ0) is 25.4. The first-order chi connectivity index (χ1) is 16.6. The number of nitrogens with zero attached hydrogens (tertiary/aromatic N) is 3. The summed E-state index contributed by atoms with van der Waals surface area (Å²) in [4.78, 5) is 54.6. The molecule has 1 amide bonds. The van der Waals surface area contributed by atoms with Crippen molar-refractivity contribution in [2.45, 2.75) is 19.9 Å². The van der Waals surface area contributed by atoms with Crippen molar-refractivity contribution in [3.8, 4) is 0 Å². The number of non-ortho nitro benzene ring substituents is 1. The molecule has 0 aliphatic carbocycles. The van der Waals surface area contributed by atoms with E-state index in [-0.39, 0.29) is 21.3 Å². The van der Waals surface area contributed by atoms with Gasteiger partial charge in [0, 0.05) is 17.7 Å². The Morgan fingerprint density at radius 3 is 2.31 bits per heavy atom. The normalized spacial score (nSPS) is 17.0. The number of aliphatic hydroxyl groups is 1. The molecule has 1 fully saturated rings. The van der Waals surface area contributed by atoms with Crippen LogP contribution in [-0.4, -0.2) is 39.8 Å². The van der Waals surface area contributed by atoms with Gasteiger partial charge in [0.2, 0.25) is 0 Å². The Morgan fingerprint density at radius 2 is 1.74 bits per heavy atom. The maximum absolute atomic E-state index is 13.2. The number of ether oxygens (including phenoxy) is 1. The lowest BCUT2D eigenvalue weighted by Gasteiger charge is -2.23. The number of carbonyl (C=O) groups is 3. The number of aromatic nitrogens is 1. The van der Waals surface area contributed by atoms with Crippen LogP contribution in [0.3, 0.4) is 0 Å². The monoisotopic (exact) mass is 493 g/mol. The number of nitro benzene ring substituents is 1. The number of Topliss-reactive ketones (excluding diaryl/α,β-unsaturated/α-hetero) is 1. The number of benzene rings is 2. The predicted octanol–water partition coefficient (Wildman–Crippen LogP) is 4.08. The topological polar surface area (TPSA) is 140 Å². The smallest absolute Gasteiger partial charge is 0.350 e. The molecule has 11 heteroatoms. The maximum atomic E-state index is 13.2. The number of aryl methyl sites for hydroxylation is 2. The number of ketones is 1. The van der Waals surface area contributed by atoms with Crippen molar-refractivity contribution in [3.05, 3.63) is 91.5 Å². The lowest BCUT2D eigenvalue weighted by Crippen LogP contribution is -2.29. The molecule has 1 aliphatic heterocycles. The highest BCUT2D eigenvalue weighted by Crippen LogP contribution is 2.44. The highest BCUT2D eigenvalue weighted by Gasteiger charge is 2.48. The molecule has 4 rings (SSSR count). The summed E-state index contributed by atoms with van der Waals surface area (Å²) in [5, 5.41) is 22.3. The zero-order valence-corrected chi connectivity index (χ0v) is 19.7. The number of aliphatic hydroxyl groups excluding tert-OH is 1. The number of carbonyl (C=O) groups excluding carboxylic acids is 3. The van der Waals surface area contributed by atoms with Gasteiger partial charge in [0.1, 0.15) is 10.6 Å². The van der Waals surface area contributed by atoms with E-state index in [2.05, 4.69) is 4.98 Å². The van der Waals surface area contributed by atoms with Crippen molar-refractivity contribution >= 4 is 45.6 Å². The van der Waals surface area contributed by atoms with Gasteiger partial charge in [0.25, 0.3) is 11.5 Å². The van der Waals surface area contributed by atoms with Gasteiger partial charge < -0.3 is 9.84 Å². The molecule has 1 saturated heterocycles. The fourth-order valence-corrected chi connectivity index (χ4v) is 4.77. The van der Waals surface area contributed by atoms with Crippen molar-refractivity contribution in [2.24, 2.45) is 0 Å². The van der Waals surface area contributed by atoms with Gasteiger partial charge in [-0.05, 0) is 31.5 Å². The van der Waals surface area contributed by atoms with E-state index in [1.165, 1.54) is 31.4 Å². The van der Waals surface area contributed by atoms with Gasteiger partial charge in [-0.2, -0.15) is 0 Å². The Bertz CT molecular complexity index is 1390. The number of amides is 1. The average Bonchev–Trinajstić information content (AvgIpc) is 3.35. The number of nitro groups is 1. The third-order valence-electron chi connectivity index (χ3n) is 5.55. The number of hydrogen-bond acceptors (Lipinski definition) is 9. The van der Waals surface area contributed by atoms with Crippen LogP contribution in [0.15, 0.2) is 54.1 Å². The molecule has 10 nitrogen and oxygen atoms in total. The molecule has 3 aromatic rings. The molecular weight excluding hydrogens is 474 g/mol. The van der Waals surface area contributed by atoms with E-state index in [1.54, 1.807) is 31.2 Å². The third-order valence-corrected chi connectivity index (χ3v) is 6.69. The summed E-state index contributed by atoms with van der Waals surface area (Å²) in [6.07, 6.45) is 0. The van der Waals surface area contributed by atoms with Crippen LogP contribution in [0, 0.1) is 24.0 Å². The summed E-state index contributed by atoms with van der Waals surface area (Å²) in [6, 6.07) is 10.9. The summed E-state index contributed by atoms with van der Waals surface area (Å²) >= 11 is 0.868. The first-order valence-electron chi connectivity index (χ1n) is 10.3. The Labute approximate surface area is 203 Å². The second-order valence-electron chi connectivity index (χ2n) is 7.79. The average molecular weight is 493 g/mol. The number of rotatable bonds is 5. The SMILES string of the molecule is COC(=O)c1sc(N2C(=O)C(=O)/C(=C(/O)c3ccc(C)cc3)[C@@H]2c2ccc([N+](=O)[O-])cc2)nc1C. The maximum Gasteiger partial charge on any atom is 0.350 e. The summed E-state index contributed by atoms with van der Waals surface area (Å²) < 4.78 is 4.76. The Balaban J connectivity index is 1.93. The van der Waals surface area contributed by atoms with Crippen LogP contribution in [0.4, 0.5) is 10.8 Å². The molecule has 35 heavy (non-hydrogen) atoms. The van der Waals surface area contributed by atoms with E-state index in [4.69, 9.17) is 4.74 Å². The molecule has 0 radical (unpaired) electrons. The van der Waals surface area contributed by atoms with Crippen molar-refractivity contribution < 1.29 is 29.2 Å². The molecule has 2 aromatic carbocycles. The van der Waals surface area contributed by atoms with E-state index >= 15 is 0 Å². The Kier molecular flexibility index (Phi) is 6.18. The molecule has 1 N–H and O–H groups in total. The van der Waals surface area contributed by atoms with Gasteiger partial charge in [-0.25, -0.2) is 9.78 Å². The van der Waals surface area contributed by atoms with E-state index in [9.17, 15) is 29.6 Å². The lowest BCUT2D eigenvalue weighted by molar-refractivity contribution is -0.384. The fraction of sp³-hybridized carbons (Fsp3) is 0.167. The van der Waals surface area contributed by atoms with Crippen molar-refractivity contribution in [2.75, 3.05) is 12.0 Å². The first-order valence-corrected chi connectivity index (χ1v) is 11.1.